The maximum atomic E-state index is 12.8. The summed E-state index contributed by atoms with van der Waals surface area (Å²) >= 11 is 1.42. The van der Waals surface area contributed by atoms with Crippen molar-refractivity contribution in [1.29, 1.82) is 0 Å². The summed E-state index contributed by atoms with van der Waals surface area (Å²) < 4.78 is 7.12. The maximum Gasteiger partial charge on any atom is 0.237 e. The second-order valence-corrected chi connectivity index (χ2v) is 7.60. The third-order valence-electron chi connectivity index (χ3n) is 4.92. The minimum Gasteiger partial charge on any atom is -0.497 e. The highest BCUT2D eigenvalue weighted by Gasteiger charge is 2.23. The number of rotatable bonds is 5. The first-order valence-corrected chi connectivity index (χ1v) is 10.2. The van der Waals surface area contributed by atoms with E-state index in [9.17, 15) is 4.79 Å². The van der Waals surface area contributed by atoms with Crippen LogP contribution >= 0.6 is 11.8 Å². The van der Waals surface area contributed by atoms with Crippen molar-refractivity contribution in [2.45, 2.75) is 18.0 Å². The van der Waals surface area contributed by atoms with Gasteiger partial charge >= 0.3 is 0 Å². The summed E-state index contributed by atoms with van der Waals surface area (Å²) in [5.74, 6) is 2.00. The number of benzene rings is 2. The molecule has 4 rings (SSSR count). The number of fused-ring (bicyclic) bond motifs is 1. The Hall–Kier alpha value is -2.80. The highest BCUT2D eigenvalue weighted by atomic mass is 32.2. The fourth-order valence-corrected chi connectivity index (χ4v) is 4.22. The Morgan fingerprint density at radius 3 is 2.71 bits per heavy atom. The Bertz CT molecular complexity index is 984. The zero-order chi connectivity index (χ0) is 19.5. The number of amides is 1. The molecular formula is C21H22N4O2S. The highest BCUT2D eigenvalue weighted by molar-refractivity contribution is 7.99. The second kappa shape index (κ2) is 8.06. The van der Waals surface area contributed by atoms with Gasteiger partial charge in [-0.05, 0) is 48.7 Å². The zero-order valence-electron chi connectivity index (χ0n) is 16.0. The van der Waals surface area contributed by atoms with E-state index in [1.807, 2.05) is 59.0 Å². The Balaban J connectivity index is 1.46. The Kier molecular flexibility index (Phi) is 5.34. The van der Waals surface area contributed by atoms with Gasteiger partial charge in [-0.25, -0.2) is 0 Å². The van der Waals surface area contributed by atoms with Crippen LogP contribution in [0.4, 0.5) is 5.69 Å². The molecule has 3 aromatic rings. The molecule has 144 valence electrons. The highest BCUT2D eigenvalue weighted by Crippen LogP contribution is 2.29. The molecule has 0 bridgehead atoms. The molecule has 0 aliphatic carbocycles. The summed E-state index contributed by atoms with van der Waals surface area (Å²) in [6.45, 7) is 0.770. The number of hydrogen-bond acceptors (Lipinski definition) is 5. The molecule has 0 atom stereocenters. The Labute approximate surface area is 168 Å². The Morgan fingerprint density at radius 1 is 1.14 bits per heavy atom. The lowest BCUT2D eigenvalue weighted by Gasteiger charge is -2.29. The van der Waals surface area contributed by atoms with Gasteiger partial charge in [0.05, 0.1) is 12.9 Å². The molecule has 7 heteroatoms. The topological polar surface area (TPSA) is 60.3 Å². The first-order valence-electron chi connectivity index (χ1n) is 9.22. The van der Waals surface area contributed by atoms with Crippen molar-refractivity contribution in [3.05, 3.63) is 54.1 Å². The fourth-order valence-electron chi connectivity index (χ4n) is 3.43. The predicted molar refractivity (Wildman–Crippen MR) is 111 cm³/mol. The molecule has 1 aromatic heterocycles. The molecular weight excluding hydrogens is 372 g/mol. The largest absolute Gasteiger partial charge is 0.497 e. The number of hydrogen-bond donors (Lipinski definition) is 0. The third kappa shape index (κ3) is 3.62. The van der Waals surface area contributed by atoms with E-state index < -0.39 is 0 Å². The number of carbonyl (C=O) groups is 1. The van der Waals surface area contributed by atoms with Crippen LogP contribution in [-0.4, -0.2) is 40.1 Å². The molecule has 1 aliphatic heterocycles. The number of anilines is 1. The summed E-state index contributed by atoms with van der Waals surface area (Å²) in [5.41, 5.74) is 3.24. The fraction of sp³-hybridized carbons (Fsp3) is 0.286. The molecule has 0 saturated heterocycles. The van der Waals surface area contributed by atoms with Gasteiger partial charge in [0.2, 0.25) is 5.91 Å². The standard InChI is InChI=1S/C21H22N4O2S/c1-24-20(16-9-11-17(27-2)12-10-16)22-23-21(24)28-14-19(26)25-13-5-7-15-6-3-4-8-18(15)25/h3-4,6,8-12H,5,7,13-14H2,1-2H3. The zero-order valence-corrected chi connectivity index (χ0v) is 16.8. The number of aromatic nitrogens is 3. The van der Waals surface area contributed by atoms with Gasteiger partial charge < -0.3 is 14.2 Å². The van der Waals surface area contributed by atoms with Crippen molar-refractivity contribution < 1.29 is 9.53 Å². The van der Waals surface area contributed by atoms with E-state index in [0.29, 0.717) is 5.75 Å². The van der Waals surface area contributed by atoms with Gasteiger partial charge in [-0.1, -0.05) is 30.0 Å². The van der Waals surface area contributed by atoms with Crippen molar-refractivity contribution in [2.24, 2.45) is 7.05 Å². The molecule has 6 nitrogen and oxygen atoms in total. The van der Waals surface area contributed by atoms with Gasteiger partial charge in [0.25, 0.3) is 0 Å². The number of aryl methyl sites for hydroxylation is 1. The molecule has 2 aromatic carbocycles. The average molecular weight is 395 g/mol. The minimum absolute atomic E-state index is 0.103. The van der Waals surface area contributed by atoms with E-state index in [1.165, 1.54) is 17.3 Å². The van der Waals surface area contributed by atoms with E-state index in [1.54, 1.807) is 7.11 Å². The molecule has 0 N–H and O–H groups in total. The summed E-state index contributed by atoms with van der Waals surface area (Å²) in [7, 11) is 3.56. The van der Waals surface area contributed by atoms with Crippen LogP contribution in [0.25, 0.3) is 11.4 Å². The van der Waals surface area contributed by atoms with Gasteiger partial charge in [-0.2, -0.15) is 0 Å². The van der Waals surface area contributed by atoms with Gasteiger partial charge in [-0.3, -0.25) is 4.79 Å². The lowest BCUT2D eigenvalue weighted by molar-refractivity contribution is -0.116. The molecule has 2 heterocycles. The summed E-state index contributed by atoms with van der Waals surface area (Å²) in [6.07, 6.45) is 2.03. The van der Waals surface area contributed by atoms with Crippen LogP contribution in [0.1, 0.15) is 12.0 Å². The summed E-state index contributed by atoms with van der Waals surface area (Å²) in [5, 5.41) is 9.29. The first kappa shape index (κ1) is 18.6. The quantitative estimate of drug-likeness (QED) is 0.619. The summed E-state index contributed by atoms with van der Waals surface area (Å²) in [6, 6.07) is 15.8. The van der Waals surface area contributed by atoms with Gasteiger partial charge in [0.15, 0.2) is 11.0 Å². The molecule has 28 heavy (non-hydrogen) atoms. The molecule has 0 unspecified atom stereocenters. The van der Waals surface area contributed by atoms with Crippen LogP contribution in [0.2, 0.25) is 0 Å². The number of thioether (sulfide) groups is 1. The molecule has 0 radical (unpaired) electrons. The number of nitrogens with zero attached hydrogens (tertiary/aromatic N) is 4. The smallest absolute Gasteiger partial charge is 0.237 e. The van der Waals surface area contributed by atoms with Crippen LogP contribution in [0.15, 0.2) is 53.7 Å². The van der Waals surface area contributed by atoms with Crippen LogP contribution in [-0.2, 0) is 18.3 Å². The molecule has 1 aliphatic rings. The van der Waals surface area contributed by atoms with Gasteiger partial charge in [-0.15, -0.1) is 10.2 Å². The van der Waals surface area contributed by atoms with Crippen LogP contribution in [0.3, 0.4) is 0 Å². The number of para-hydroxylation sites is 1. The lowest BCUT2D eigenvalue weighted by Crippen LogP contribution is -2.36. The summed E-state index contributed by atoms with van der Waals surface area (Å²) in [4.78, 5) is 14.7. The number of methoxy groups -OCH3 is 1. The normalized spacial score (nSPS) is 13.3. The van der Waals surface area contributed by atoms with Crippen molar-refractivity contribution in [2.75, 3.05) is 24.3 Å². The molecule has 0 spiro atoms. The van der Waals surface area contributed by atoms with Crippen molar-refractivity contribution in [3.8, 4) is 17.1 Å². The third-order valence-corrected chi connectivity index (χ3v) is 5.92. The van der Waals surface area contributed by atoms with Gasteiger partial charge in [0.1, 0.15) is 5.75 Å². The molecule has 0 fully saturated rings. The van der Waals surface area contributed by atoms with E-state index in [-0.39, 0.29) is 5.91 Å². The van der Waals surface area contributed by atoms with E-state index >= 15 is 0 Å². The van der Waals surface area contributed by atoms with Crippen LogP contribution in [0.5, 0.6) is 5.75 Å². The van der Waals surface area contributed by atoms with E-state index in [0.717, 1.165) is 47.4 Å². The number of carbonyl (C=O) groups excluding carboxylic acids is 1. The first-order chi connectivity index (χ1) is 13.7. The molecule has 1 amide bonds. The van der Waals surface area contributed by atoms with Crippen LogP contribution < -0.4 is 9.64 Å². The second-order valence-electron chi connectivity index (χ2n) is 6.66. The van der Waals surface area contributed by atoms with Crippen molar-refractivity contribution >= 4 is 23.4 Å². The lowest BCUT2D eigenvalue weighted by atomic mass is 10.0. The van der Waals surface area contributed by atoms with E-state index in [2.05, 4.69) is 16.3 Å². The minimum atomic E-state index is 0.103. The average Bonchev–Trinajstić information content (AvgIpc) is 3.12. The Morgan fingerprint density at radius 2 is 1.93 bits per heavy atom. The van der Waals surface area contributed by atoms with Gasteiger partial charge in [0, 0.05) is 24.8 Å². The molecule has 0 saturated carbocycles. The SMILES string of the molecule is COc1ccc(-c2nnc(SCC(=O)N3CCCc4ccccc43)n2C)cc1. The predicted octanol–water partition coefficient (Wildman–Crippen LogP) is 3.56. The van der Waals surface area contributed by atoms with Crippen LogP contribution in [0, 0.1) is 0 Å². The van der Waals surface area contributed by atoms with E-state index in [4.69, 9.17) is 4.74 Å². The number of ether oxygens (including phenoxy) is 1. The van der Waals surface area contributed by atoms with Crippen molar-refractivity contribution in [1.82, 2.24) is 14.8 Å². The monoisotopic (exact) mass is 394 g/mol. The maximum absolute atomic E-state index is 12.8. The van der Waals surface area contributed by atoms with Crippen molar-refractivity contribution in [3.63, 3.8) is 0 Å².